The average Bonchev–Trinajstić information content (AvgIpc) is 2.79. The van der Waals surface area contributed by atoms with E-state index in [9.17, 15) is 13.5 Å². The Morgan fingerprint density at radius 2 is 2.16 bits per heavy atom. The first-order valence-electron chi connectivity index (χ1n) is 6.02. The first-order chi connectivity index (χ1) is 8.94. The smallest absolute Gasteiger partial charge is 0.240 e. The van der Waals surface area contributed by atoms with Crippen molar-refractivity contribution >= 4 is 37.6 Å². The molecule has 4 nitrogen and oxygen atoms in total. The zero-order valence-electron chi connectivity index (χ0n) is 10.1. The quantitative estimate of drug-likeness (QED) is 0.858. The van der Waals surface area contributed by atoms with E-state index in [4.69, 9.17) is 11.6 Å². The van der Waals surface area contributed by atoms with Crippen LogP contribution in [-0.2, 0) is 10.0 Å². The van der Waals surface area contributed by atoms with Crippen molar-refractivity contribution in [3.8, 4) is 0 Å². The molecule has 0 heterocycles. The van der Waals surface area contributed by atoms with E-state index in [-0.39, 0.29) is 23.5 Å². The SMILES string of the molecule is O=S(=O)(NC1CCCC1CO)c1ccc(Cl)c(Br)c1. The van der Waals surface area contributed by atoms with Crippen molar-refractivity contribution in [2.75, 3.05) is 6.61 Å². The molecule has 1 fully saturated rings. The maximum Gasteiger partial charge on any atom is 0.240 e. The fourth-order valence-corrected chi connectivity index (χ4v) is 4.33. The highest BCUT2D eigenvalue weighted by molar-refractivity contribution is 9.10. The summed E-state index contributed by atoms with van der Waals surface area (Å²) in [7, 11) is -3.58. The number of aliphatic hydroxyl groups excluding tert-OH is 1. The van der Waals surface area contributed by atoms with E-state index in [1.807, 2.05) is 0 Å². The topological polar surface area (TPSA) is 66.4 Å². The average molecular weight is 369 g/mol. The van der Waals surface area contributed by atoms with Gasteiger partial charge in [-0.15, -0.1) is 0 Å². The van der Waals surface area contributed by atoms with Gasteiger partial charge < -0.3 is 5.11 Å². The molecule has 2 atom stereocenters. The lowest BCUT2D eigenvalue weighted by Gasteiger charge is -2.19. The van der Waals surface area contributed by atoms with Crippen molar-refractivity contribution in [1.29, 1.82) is 0 Å². The number of nitrogens with one attached hydrogen (secondary N) is 1. The number of rotatable bonds is 4. The van der Waals surface area contributed by atoms with Crippen LogP contribution >= 0.6 is 27.5 Å². The van der Waals surface area contributed by atoms with Gasteiger partial charge in [0.1, 0.15) is 0 Å². The summed E-state index contributed by atoms with van der Waals surface area (Å²) in [6, 6.07) is 4.30. The van der Waals surface area contributed by atoms with Crippen LogP contribution in [0.4, 0.5) is 0 Å². The molecule has 1 aliphatic rings. The van der Waals surface area contributed by atoms with Crippen LogP contribution in [0.5, 0.6) is 0 Å². The molecule has 0 spiro atoms. The predicted octanol–water partition coefficient (Wildman–Crippen LogP) is 2.54. The maximum absolute atomic E-state index is 12.3. The third-order valence-corrected chi connectivity index (χ3v) is 6.10. The van der Waals surface area contributed by atoms with E-state index in [2.05, 4.69) is 20.7 Å². The molecule has 0 amide bonds. The molecule has 2 unspecified atom stereocenters. The third-order valence-electron chi connectivity index (χ3n) is 3.40. The fraction of sp³-hybridized carbons (Fsp3) is 0.500. The number of benzene rings is 1. The normalized spacial score (nSPS) is 23.7. The van der Waals surface area contributed by atoms with Gasteiger partial charge in [0.05, 0.1) is 9.92 Å². The Morgan fingerprint density at radius 3 is 2.79 bits per heavy atom. The summed E-state index contributed by atoms with van der Waals surface area (Å²) in [5.41, 5.74) is 0. The number of sulfonamides is 1. The van der Waals surface area contributed by atoms with Gasteiger partial charge in [-0.2, -0.15) is 0 Å². The molecule has 0 saturated heterocycles. The Morgan fingerprint density at radius 1 is 1.42 bits per heavy atom. The molecule has 0 aliphatic heterocycles. The molecule has 106 valence electrons. The van der Waals surface area contributed by atoms with Crippen molar-refractivity contribution < 1.29 is 13.5 Å². The van der Waals surface area contributed by atoms with Gasteiger partial charge in [-0.05, 0) is 52.9 Å². The molecule has 1 aromatic rings. The van der Waals surface area contributed by atoms with Gasteiger partial charge in [0.25, 0.3) is 0 Å². The second kappa shape index (κ2) is 6.10. The van der Waals surface area contributed by atoms with Crippen molar-refractivity contribution in [2.45, 2.75) is 30.2 Å². The highest BCUT2D eigenvalue weighted by Crippen LogP contribution is 2.28. The van der Waals surface area contributed by atoms with Crippen molar-refractivity contribution in [2.24, 2.45) is 5.92 Å². The van der Waals surface area contributed by atoms with E-state index >= 15 is 0 Å². The third kappa shape index (κ3) is 3.49. The summed E-state index contributed by atoms with van der Waals surface area (Å²) in [4.78, 5) is 0.173. The molecule has 0 aromatic heterocycles. The van der Waals surface area contributed by atoms with Gasteiger partial charge in [0, 0.05) is 17.1 Å². The number of hydrogen-bond donors (Lipinski definition) is 2. The van der Waals surface area contributed by atoms with Crippen molar-refractivity contribution in [3.05, 3.63) is 27.7 Å². The van der Waals surface area contributed by atoms with Crippen LogP contribution in [-0.4, -0.2) is 26.2 Å². The van der Waals surface area contributed by atoms with Crippen LogP contribution in [0.2, 0.25) is 5.02 Å². The predicted molar refractivity (Wildman–Crippen MR) is 77.7 cm³/mol. The monoisotopic (exact) mass is 367 g/mol. The van der Waals surface area contributed by atoms with Crippen LogP contribution in [0.1, 0.15) is 19.3 Å². The molecular formula is C12H15BrClNO3S. The highest BCUT2D eigenvalue weighted by Gasteiger charge is 2.30. The molecule has 19 heavy (non-hydrogen) atoms. The number of halogens is 2. The summed E-state index contributed by atoms with van der Waals surface area (Å²) < 4.78 is 27.7. The summed E-state index contributed by atoms with van der Waals surface area (Å²) in [6.07, 6.45) is 2.55. The van der Waals surface area contributed by atoms with Gasteiger partial charge in [0.15, 0.2) is 0 Å². The van der Waals surface area contributed by atoms with E-state index < -0.39 is 10.0 Å². The summed E-state index contributed by atoms with van der Waals surface area (Å²) in [6.45, 7) is 0.0114. The molecular weight excluding hydrogens is 354 g/mol. The Labute approximate surface area is 126 Å². The number of hydrogen-bond acceptors (Lipinski definition) is 3. The Bertz CT molecular complexity index is 564. The van der Waals surface area contributed by atoms with E-state index in [1.165, 1.54) is 12.1 Å². The second-order valence-corrected chi connectivity index (χ2v) is 7.65. The van der Waals surface area contributed by atoms with E-state index in [1.54, 1.807) is 6.07 Å². The Hall–Kier alpha value is -0.140. The summed E-state index contributed by atoms with van der Waals surface area (Å²) in [5.74, 6) is 0.00511. The Balaban J connectivity index is 2.20. The van der Waals surface area contributed by atoms with E-state index in [0.29, 0.717) is 9.50 Å². The van der Waals surface area contributed by atoms with Crippen LogP contribution in [0.3, 0.4) is 0 Å². The van der Waals surface area contributed by atoms with Crippen molar-refractivity contribution in [3.63, 3.8) is 0 Å². The molecule has 1 aliphatic carbocycles. The van der Waals surface area contributed by atoms with Gasteiger partial charge in [0.2, 0.25) is 10.0 Å². The van der Waals surface area contributed by atoms with E-state index in [0.717, 1.165) is 19.3 Å². The summed E-state index contributed by atoms with van der Waals surface area (Å²) in [5, 5.41) is 9.69. The minimum Gasteiger partial charge on any atom is -0.396 e. The van der Waals surface area contributed by atoms with Gasteiger partial charge >= 0.3 is 0 Å². The number of aliphatic hydroxyl groups is 1. The van der Waals surface area contributed by atoms with Crippen molar-refractivity contribution in [1.82, 2.24) is 4.72 Å². The second-order valence-electron chi connectivity index (χ2n) is 4.68. The zero-order valence-corrected chi connectivity index (χ0v) is 13.3. The van der Waals surface area contributed by atoms with Crippen LogP contribution in [0.25, 0.3) is 0 Å². The van der Waals surface area contributed by atoms with Crippen LogP contribution in [0, 0.1) is 5.92 Å². The largest absolute Gasteiger partial charge is 0.396 e. The highest BCUT2D eigenvalue weighted by atomic mass is 79.9. The van der Waals surface area contributed by atoms with Crippen LogP contribution in [0.15, 0.2) is 27.6 Å². The first kappa shape index (κ1) is 15.3. The lowest BCUT2D eigenvalue weighted by Crippen LogP contribution is -2.38. The molecule has 2 rings (SSSR count). The maximum atomic E-state index is 12.3. The molecule has 7 heteroatoms. The minimum absolute atomic E-state index is 0.00511. The Kier molecular flexibility index (Phi) is 4.89. The molecule has 2 N–H and O–H groups in total. The molecule has 1 aromatic carbocycles. The lowest BCUT2D eigenvalue weighted by molar-refractivity contribution is 0.213. The molecule has 1 saturated carbocycles. The zero-order chi connectivity index (χ0) is 14.0. The first-order valence-corrected chi connectivity index (χ1v) is 8.67. The minimum atomic E-state index is -3.58. The van der Waals surface area contributed by atoms with Crippen LogP contribution < -0.4 is 4.72 Å². The molecule has 0 bridgehead atoms. The standard InChI is InChI=1S/C12H15BrClNO3S/c13-10-6-9(4-5-11(10)14)19(17,18)15-12-3-1-2-8(12)7-16/h4-6,8,12,15-16H,1-3,7H2. The lowest BCUT2D eigenvalue weighted by atomic mass is 10.1. The van der Waals surface area contributed by atoms with Gasteiger partial charge in [-0.1, -0.05) is 18.0 Å². The van der Waals surface area contributed by atoms with Gasteiger partial charge in [-0.25, -0.2) is 13.1 Å². The van der Waals surface area contributed by atoms with Gasteiger partial charge in [-0.3, -0.25) is 0 Å². The molecule has 0 radical (unpaired) electrons. The fourth-order valence-electron chi connectivity index (χ4n) is 2.32. The summed E-state index contributed by atoms with van der Waals surface area (Å²) >= 11 is 9.06.